The highest BCUT2D eigenvalue weighted by atomic mass is 79.9. The van der Waals surface area contributed by atoms with E-state index in [0.717, 1.165) is 32.1 Å². The minimum absolute atomic E-state index is 0.342. The highest BCUT2D eigenvalue weighted by Crippen LogP contribution is 2.28. The van der Waals surface area contributed by atoms with E-state index < -0.39 is 5.97 Å². The molecule has 3 rings (SSSR count). The third kappa shape index (κ3) is 4.90. The zero-order valence-corrected chi connectivity index (χ0v) is 17.2. The van der Waals surface area contributed by atoms with Gasteiger partial charge in [-0.1, -0.05) is 28.1 Å². The van der Waals surface area contributed by atoms with Gasteiger partial charge in [0.1, 0.15) is 11.6 Å². The van der Waals surface area contributed by atoms with Crippen molar-refractivity contribution in [3.63, 3.8) is 0 Å². The molecule has 0 radical (unpaired) electrons. The molecule has 0 aliphatic carbocycles. The highest BCUT2D eigenvalue weighted by molar-refractivity contribution is 9.10. The minimum atomic E-state index is -0.989. The molecule has 27 heavy (non-hydrogen) atoms. The SMILES string of the molecule is Cc1cc(SCc2nnc(-c3ccc(Br)cc3)n2C)ccc1OCC(=O)O. The van der Waals surface area contributed by atoms with Gasteiger partial charge in [0.05, 0.1) is 5.75 Å². The van der Waals surface area contributed by atoms with Gasteiger partial charge >= 0.3 is 5.97 Å². The van der Waals surface area contributed by atoms with Crippen LogP contribution in [0.25, 0.3) is 11.4 Å². The maximum atomic E-state index is 10.6. The topological polar surface area (TPSA) is 77.2 Å². The van der Waals surface area contributed by atoms with E-state index in [1.165, 1.54) is 0 Å². The van der Waals surface area contributed by atoms with Crippen molar-refractivity contribution in [3.8, 4) is 17.1 Å². The third-order valence-electron chi connectivity index (χ3n) is 3.93. The zero-order valence-electron chi connectivity index (χ0n) is 14.8. The Morgan fingerprint density at radius 2 is 1.96 bits per heavy atom. The summed E-state index contributed by atoms with van der Waals surface area (Å²) in [5, 5.41) is 17.3. The number of thioether (sulfide) groups is 1. The fraction of sp³-hybridized carbons (Fsp3) is 0.211. The van der Waals surface area contributed by atoms with Crippen LogP contribution in [0.2, 0.25) is 0 Å². The average molecular weight is 448 g/mol. The van der Waals surface area contributed by atoms with Gasteiger partial charge in [-0.15, -0.1) is 22.0 Å². The van der Waals surface area contributed by atoms with Crippen LogP contribution in [0.4, 0.5) is 0 Å². The van der Waals surface area contributed by atoms with Crippen LogP contribution in [0.15, 0.2) is 51.8 Å². The van der Waals surface area contributed by atoms with Crippen LogP contribution in [0.3, 0.4) is 0 Å². The van der Waals surface area contributed by atoms with Crippen LogP contribution in [0.5, 0.6) is 5.75 Å². The van der Waals surface area contributed by atoms with E-state index in [-0.39, 0.29) is 6.61 Å². The van der Waals surface area contributed by atoms with Crippen LogP contribution in [0.1, 0.15) is 11.4 Å². The molecular formula is C19H18BrN3O3S. The Hall–Kier alpha value is -2.32. The van der Waals surface area contributed by atoms with Crippen molar-refractivity contribution < 1.29 is 14.6 Å². The summed E-state index contributed by atoms with van der Waals surface area (Å²) in [7, 11) is 1.96. The first-order valence-electron chi connectivity index (χ1n) is 8.16. The number of benzene rings is 2. The lowest BCUT2D eigenvalue weighted by molar-refractivity contribution is -0.139. The van der Waals surface area contributed by atoms with E-state index in [4.69, 9.17) is 9.84 Å². The summed E-state index contributed by atoms with van der Waals surface area (Å²) in [5.41, 5.74) is 1.91. The summed E-state index contributed by atoms with van der Waals surface area (Å²) < 4.78 is 8.27. The van der Waals surface area contributed by atoms with Crippen LogP contribution in [-0.4, -0.2) is 32.4 Å². The molecule has 0 aliphatic rings. The van der Waals surface area contributed by atoms with Crippen LogP contribution < -0.4 is 4.74 Å². The molecule has 1 N–H and O–H groups in total. The molecule has 0 fully saturated rings. The minimum Gasteiger partial charge on any atom is -0.482 e. The van der Waals surface area contributed by atoms with Gasteiger partial charge in [-0.3, -0.25) is 0 Å². The number of carbonyl (C=O) groups is 1. The van der Waals surface area contributed by atoms with E-state index >= 15 is 0 Å². The Balaban J connectivity index is 1.67. The standard InChI is InChI=1S/C19H18BrN3O3S/c1-12-9-15(7-8-16(12)26-10-18(24)25)27-11-17-21-22-19(23(17)2)13-3-5-14(20)6-4-13/h3-9H,10-11H2,1-2H3,(H,24,25). The average Bonchev–Trinajstić information content (AvgIpc) is 3.00. The number of carboxylic acids is 1. The number of ether oxygens (including phenoxy) is 1. The maximum Gasteiger partial charge on any atom is 0.341 e. The summed E-state index contributed by atoms with van der Waals surface area (Å²) >= 11 is 5.08. The first kappa shape index (κ1) is 19.4. The molecule has 2 aromatic carbocycles. The number of hydrogen-bond donors (Lipinski definition) is 1. The number of hydrogen-bond acceptors (Lipinski definition) is 5. The second-order valence-electron chi connectivity index (χ2n) is 5.90. The first-order valence-corrected chi connectivity index (χ1v) is 9.94. The molecule has 0 atom stereocenters. The van der Waals surface area contributed by atoms with Gasteiger partial charge in [0, 0.05) is 22.0 Å². The summed E-state index contributed by atoms with van der Waals surface area (Å²) in [6.45, 7) is 1.56. The van der Waals surface area contributed by atoms with Crippen molar-refractivity contribution in [2.75, 3.05) is 6.61 Å². The Morgan fingerprint density at radius 3 is 2.63 bits per heavy atom. The third-order valence-corrected chi connectivity index (χ3v) is 5.45. The monoisotopic (exact) mass is 447 g/mol. The Labute approximate surface area is 169 Å². The molecule has 140 valence electrons. The van der Waals surface area contributed by atoms with Gasteiger partial charge in [-0.05, 0) is 42.8 Å². The van der Waals surface area contributed by atoms with Crippen molar-refractivity contribution in [3.05, 3.63) is 58.3 Å². The number of rotatable bonds is 7. The van der Waals surface area contributed by atoms with Crippen molar-refractivity contribution in [1.29, 1.82) is 0 Å². The summed E-state index contributed by atoms with van der Waals surface area (Å²) in [6.07, 6.45) is 0. The molecule has 8 heteroatoms. The molecule has 1 aromatic heterocycles. The van der Waals surface area contributed by atoms with E-state index in [0.29, 0.717) is 11.5 Å². The lowest BCUT2D eigenvalue weighted by atomic mass is 10.2. The number of aromatic nitrogens is 3. The normalized spacial score (nSPS) is 10.8. The number of aryl methyl sites for hydroxylation is 1. The number of aliphatic carboxylic acids is 1. The number of halogens is 1. The lowest BCUT2D eigenvalue weighted by Gasteiger charge is -2.09. The molecule has 0 saturated heterocycles. The summed E-state index contributed by atoms with van der Waals surface area (Å²) in [5.74, 6) is 1.97. The predicted molar refractivity (Wildman–Crippen MR) is 108 cm³/mol. The van der Waals surface area contributed by atoms with E-state index in [9.17, 15) is 4.79 Å². The van der Waals surface area contributed by atoms with Crippen LogP contribution >= 0.6 is 27.7 Å². The predicted octanol–water partition coefficient (Wildman–Crippen LogP) is 4.31. The van der Waals surface area contributed by atoms with Gasteiger partial charge in [0.2, 0.25) is 0 Å². The van der Waals surface area contributed by atoms with Crippen LogP contribution in [-0.2, 0) is 17.6 Å². The maximum absolute atomic E-state index is 10.6. The molecule has 1 heterocycles. The van der Waals surface area contributed by atoms with E-state index in [1.807, 2.05) is 54.9 Å². The lowest BCUT2D eigenvalue weighted by Crippen LogP contribution is -2.10. The van der Waals surface area contributed by atoms with Gasteiger partial charge in [-0.25, -0.2) is 4.79 Å². The number of carboxylic acid groups (broad SMARTS) is 1. The quantitative estimate of drug-likeness (QED) is 0.543. The fourth-order valence-corrected chi connectivity index (χ4v) is 3.73. The Bertz CT molecular complexity index is 957. The molecule has 3 aromatic rings. The molecule has 0 aliphatic heterocycles. The molecule has 0 spiro atoms. The summed E-state index contributed by atoms with van der Waals surface area (Å²) in [4.78, 5) is 11.7. The smallest absolute Gasteiger partial charge is 0.341 e. The van der Waals surface area contributed by atoms with Crippen molar-refractivity contribution in [1.82, 2.24) is 14.8 Å². The van der Waals surface area contributed by atoms with Gasteiger partial charge in [0.15, 0.2) is 12.4 Å². The fourth-order valence-electron chi connectivity index (χ4n) is 2.50. The molecule has 0 unspecified atom stereocenters. The highest BCUT2D eigenvalue weighted by Gasteiger charge is 2.12. The number of nitrogens with zero attached hydrogens (tertiary/aromatic N) is 3. The molecule has 0 bridgehead atoms. The Kier molecular flexibility index (Phi) is 6.18. The second kappa shape index (κ2) is 8.58. The van der Waals surface area contributed by atoms with Gasteiger partial charge in [-0.2, -0.15) is 0 Å². The zero-order chi connectivity index (χ0) is 19.4. The van der Waals surface area contributed by atoms with Crippen molar-refractivity contribution >= 4 is 33.7 Å². The molecule has 0 saturated carbocycles. The Morgan fingerprint density at radius 1 is 1.22 bits per heavy atom. The first-order chi connectivity index (χ1) is 12.9. The van der Waals surface area contributed by atoms with E-state index in [2.05, 4.69) is 26.1 Å². The second-order valence-corrected chi connectivity index (χ2v) is 7.87. The van der Waals surface area contributed by atoms with Crippen LogP contribution in [0, 0.1) is 6.92 Å². The van der Waals surface area contributed by atoms with Gasteiger partial charge in [0.25, 0.3) is 0 Å². The largest absolute Gasteiger partial charge is 0.482 e. The van der Waals surface area contributed by atoms with E-state index in [1.54, 1.807) is 17.8 Å². The van der Waals surface area contributed by atoms with Crippen molar-refractivity contribution in [2.45, 2.75) is 17.6 Å². The molecule has 0 amide bonds. The summed E-state index contributed by atoms with van der Waals surface area (Å²) in [6, 6.07) is 13.7. The van der Waals surface area contributed by atoms with Gasteiger partial charge < -0.3 is 14.4 Å². The molecule has 6 nitrogen and oxygen atoms in total. The van der Waals surface area contributed by atoms with Crippen molar-refractivity contribution in [2.24, 2.45) is 7.05 Å². The molecular weight excluding hydrogens is 430 g/mol.